The van der Waals surface area contributed by atoms with Crippen molar-refractivity contribution in [3.05, 3.63) is 136 Å². The number of aliphatic hydroxyl groups is 1. The van der Waals surface area contributed by atoms with E-state index in [1.165, 1.54) is 0 Å². The van der Waals surface area contributed by atoms with Crippen LogP contribution >= 0.6 is 0 Å². The predicted molar refractivity (Wildman–Crippen MR) is 176 cm³/mol. The molecule has 0 radical (unpaired) electrons. The van der Waals surface area contributed by atoms with E-state index in [9.17, 15) is 10.3 Å². The molecule has 2 N–H and O–H groups in total. The Bertz CT molecular complexity index is 1690. The first-order valence-corrected chi connectivity index (χ1v) is 15.4. The van der Waals surface area contributed by atoms with Crippen LogP contribution in [0.5, 0.6) is 11.5 Å². The standard InChI is InChI=1S/C36H37N5O5/c1-2-44-32-16-9-6-13-27(32)21-22-38-35(43)36(25-26-11-4-3-5-12-26)33(30-14-7-8-15-31(30)40-41-37)46-34(39-36)28-17-19-29(20-18-28)45-24-10-23-42/h3-9,11-20,33,42H,2,10,21-25H2,1H3,(H,38,43)/t33-,36-/m1/s1. The lowest BCUT2D eigenvalue weighted by Gasteiger charge is -2.31. The van der Waals surface area contributed by atoms with Crippen LogP contribution < -0.4 is 14.8 Å². The molecule has 0 aliphatic carbocycles. The fourth-order valence-corrected chi connectivity index (χ4v) is 5.49. The molecule has 0 bridgehead atoms. The van der Waals surface area contributed by atoms with E-state index in [1.807, 2.05) is 79.7 Å². The smallest absolute Gasteiger partial charge is 0.252 e. The SMILES string of the molecule is CCOc1ccccc1CCNC(=O)[C@]1(Cc2ccccc2)N=C(c2ccc(OCCCO)cc2)O[C@@H]1c1ccccc1N=[N+]=[N-]. The maximum atomic E-state index is 14.5. The molecule has 4 aromatic rings. The Kier molecular flexibility index (Phi) is 10.9. The second kappa shape index (κ2) is 15.6. The van der Waals surface area contributed by atoms with E-state index in [-0.39, 0.29) is 24.8 Å². The van der Waals surface area contributed by atoms with Gasteiger partial charge in [-0.3, -0.25) is 4.79 Å². The molecule has 1 amide bonds. The molecule has 46 heavy (non-hydrogen) atoms. The molecule has 10 nitrogen and oxygen atoms in total. The van der Waals surface area contributed by atoms with Crippen LogP contribution in [0.2, 0.25) is 0 Å². The number of carbonyl (C=O) groups excluding carboxylic acids is 1. The maximum Gasteiger partial charge on any atom is 0.252 e. The first-order chi connectivity index (χ1) is 22.6. The zero-order chi connectivity index (χ0) is 32.2. The van der Waals surface area contributed by atoms with Gasteiger partial charge in [0.15, 0.2) is 11.6 Å². The number of hydrogen-bond acceptors (Lipinski definition) is 7. The van der Waals surface area contributed by atoms with Crippen molar-refractivity contribution in [3.63, 3.8) is 0 Å². The minimum atomic E-state index is -1.44. The molecule has 5 rings (SSSR count). The molecular formula is C36H37N5O5. The molecule has 0 fully saturated rings. The van der Waals surface area contributed by atoms with Crippen molar-refractivity contribution in [2.45, 2.75) is 37.8 Å². The van der Waals surface area contributed by atoms with Crippen molar-refractivity contribution in [1.82, 2.24) is 5.32 Å². The first kappa shape index (κ1) is 32.1. The van der Waals surface area contributed by atoms with Crippen molar-refractivity contribution in [1.29, 1.82) is 0 Å². The average Bonchev–Trinajstić information content (AvgIpc) is 3.47. The number of nitrogens with one attached hydrogen (secondary N) is 1. The van der Waals surface area contributed by atoms with Crippen LogP contribution in [0.3, 0.4) is 0 Å². The van der Waals surface area contributed by atoms with Crippen LogP contribution in [-0.4, -0.2) is 48.8 Å². The summed E-state index contributed by atoms with van der Waals surface area (Å²) in [6.45, 7) is 3.26. The fraction of sp³-hybridized carbons (Fsp3) is 0.278. The Morgan fingerprint density at radius 1 is 1.00 bits per heavy atom. The van der Waals surface area contributed by atoms with Gasteiger partial charge in [0, 0.05) is 47.7 Å². The molecule has 0 saturated carbocycles. The third kappa shape index (κ3) is 7.48. The summed E-state index contributed by atoms with van der Waals surface area (Å²) in [5, 5.41) is 16.1. The Morgan fingerprint density at radius 2 is 1.74 bits per heavy atom. The molecule has 1 heterocycles. The van der Waals surface area contributed by atoms with E-state index < -0.39 is 11.6 Å². The summed E-state index contributed by atoms with van der Waals surface area (Å²) in [5.74, 6) is 1.40. The molecule has 236 valence electrons. The van der Waals surface area contributed by atoms with Gasteiger partial charge < -0.3 is 24.6 Å². The Balaban J connectivity index is 1.54. The highest BCUT2D eigenvalue weighted by atomic mass is 16.5. The van der Waals surface area contributed by atoms with Crippen LogP contribution in [0.1, 0.15) is 41.7 Å². The van der Waals surface area contributed by atoms with Gasteiger partial charge >= 0.3 is 0 Å². The summed E-state index contributed by atoms with van der Waals surface area (Å²) >= 11 is 0. The molecular weight excluding hydrogens is 582 g/mol. The van der Waals surface area contributed by atoms with Gasteiger partial charge in [-0.15, -0.1) is 0 Å². The lowest BCUT2D eigenvalue weighted by molar-refractivity contribution is -0.128. The number of rotatable bonds is 15. The highest BCUT2D eigenvalue weighted by Crippen LogP contribution is 2.45. The molecule has 2 atom stereocenters. The Hall–Kier alpha value is -5.31. The third-order valence-electron chi connectivity index (χ3n) is 7.67. The van der Waals surface area contributed by atoms with Crippen LogP contribution in [-0.2, 0) is 22.4 Å². The average molecular weight is 620 g/mol. The Labute approximate surface area is 268 Å². The van der Waals surface area contributed by atoms with Gasteiger partial charge in [0.2, 0.25) is 5.90 Å². The number of aliphatic hydroxyl groups excluding tert-OH is 1. The van der Waals surface area contributed by atoms with Gasteiger partial charge in [-0.25, -0.2) is 4.99 Å². The number of aliphatic imine (C=N–C) groups is 1. The largest absolute Gasteiger partial charge is 0.494 e. The van der Waals surface area contributed by atoms with E-state index in [1.54, 1.807) is 30.3 Å². The summed E-state index contributed by atoms with van der Waals surface area (Å²) in [4.78, 5) is 22.6. The van der Waals surface area contributed by atoms with E-state index in [4.69, 9.17) is 24.3 Å². The van der Waals surface area contributed by atoms with Gasteiger partial charge in [-0.05, 0) is 60.3 Å². The number of amides is 1. The topological polar surface area (TPSA) is 138 Å². The van der Waals surface area contributed by atoms with Crippen molar-refractivity contribution >= 4 is 17.5 Å². The predicted octanol–water partition coefficient (Wildman–Crippen LogP) is 6.65. The number of azide groups is 1. The van der Waals surface area contributed by atoms with Crippen molar-refractivity contribution in [2.24, 2.45) is 10.1 Å². The molecule has 4 aromatic carbocycles. The van der Waals surface area contributed by atoms with E-state index in [2.05, 4.69) is 15.3 Å². The molecule has 0 aromatic heterocycles. The summed E-state index contributed by atoms with van der Waals surface area (Å²) in [7, 11) is 0. The minimum Gasteiger partial charge on any atom is -0.494 e. The van der Waals surface area contributed by atoms with Gasteiger partial charge in [0.05, 0.1) is 13.2 Å². The third-order valence-corrected chi connectivity index (χ3v) is 7.67. The number of ether oxygens (including phenoxy) is 3. The van der Waals surface area contributed by atoms with Gasteiger partial charge in [0.25, 0.3) is 5.91 Å². The number of hydrogen-bond donors (Lipinski definition) is 2. The van der Waals surface area contributed by atoms with Crippen molar-refractivity contribution in [2.75, 3.05) is 26.4 Å². The fourth-order valence-electron chi connectivity index (χ4n) is 5.49. The zero-order valence-corrected chi connectivity index (χ0v) is 25.7. The highest BCUT2D eigenvalue weighted by molar-refractivity contribution is 6.01. The lowest BCUT2D eigenvalue weighted by Crippen LogP contribution is -2.50. The molecule has 0 spiro atoms. The van der Waals surface area contributed by atoms with Gasteiger partial charge in [-0.1, -0.05) is 77.9 Å². The molecule has 1 aliphatic heterocycles. The van der Waals surface area contributed by atoms with Crippen LogP contribution in [0.4, 0.5) is 5.69 Å². The molecule has 0 saturated heterocycles. The van der Waals surface area contributed by atoms with Crippen LogP contribution in [0.15, 0.2) is 113 Å². The highest BCUT2D eigenvalue weighted by Gasteiger charge is 2.53. The monoisotopic (exact) mass is 619 g/mol. The maximum absolute atomic E-state index is 14.5. The Morgan fingerprint density at radius 3 is 2.50 bits per heavy atom. The van der Waals surface area contributed by atoms with Gasteiger partial charge in [-0.2, -0.15) is 0 Å². The normalized spacial score (nSPS) is 16.9. The van der Waals surface area contributed by atoms with Crippen LogP contribution in [0.25, 0.3) is 10.4 Å². The first-order valence-electron chi connectivity index (χ1n) is 15.4. The van der Waals surface area contributed by atoms with Crippen molar-refractivity contribution < 1.29 is 24.1 Å². The summed E-state index contributed by atoms with van der Waals surface area (Å²) in [5.41, 5.74) is 11.4. The summed E-state index contributed by atoms with van der Waals surface area (Å²) in [6, 6.07) is 31.8. The van der Waals surface area contributed by atoms with E-state index in [0.717, 1.165) is 16.9 Å². The summed E-state index contributed by atoms with van der Waals surface area (Å²) in [6.07, 6.45) is 0.410. The zero-order valence-electron chi connectivity index (χ0n) is 25.7. The number of para-hydroxylation sites is 1. The summed E-state index contributed by atoms with van der Waals surface area (Å²) < 4.78 is 18.1. The number of nitrogens with zero attached hydrogens (tertiary/aromatic N) is 4. The molecule has 0 unspecified atom stereocenters. The quantitative estimate of drug-likeness (QED) is 0.0664. The second-order valence-electron chi connectivity index (χ2n) is 10.7. The number of carbonyl (C=O) groups is 1. The van der Waals surface area contributed by atoms with Gasteiger partial charge in [0.1, 0.15) is 11.5 Å². The van der Waals surface area contributed by atoms with Crippen LogP contribution in [0, 0.1) is 0 Å². The van der Waals surface area contributed by atoms with E-state index >= 15 is 0 Å². The minimum absolute atomic E-state index is 0.0476. The lowest BCUT2D eigenvalue weighted by atomic mass is 9.81. The second-order valence-corrected chi connectivity index (χ2v) is 10.7. The van der Waals surface area contributed by atoms with Crippen molar-refractivity contribution in [3.8, 4) is 11.5 Å². The van der Waals surface area contributed by atoms with E-state index in [0.29, 0.717) is 55.2 Å². The number of benzene rings is 4. The molecule has 10 heteroatoms. The molecule has 1 aliphatic rings.